The van der Waals surface area contributed by atoms with Crippen LogP contribution in [-0.2, 0) is 23.0 Å². The number of ether oxygens (including phenoxy) is 1. The van der Waals surface area contributed by atoms with Gasteiger partial charge in [0, 0.05) is 49.3 Å². The number of nitrogens with one attached hydrogen (secondary N) is 1. The van der Waals surface area contributed by atoms with Crippen LogP contribution in [0.4, 0.5) is 0 Å². The third-order valence-corrected chi connectivity index (χ3v) is 7.44. The maximum Gasteiger partial charge on any atom is 0.223 e. The minimum absolute atomic E-state index is 0.155. The molecule has 1 aromatic carbocycles. The Balaban J connectivity index is 1.21. The van der Waals surface area contributed by atoms with Gasteiger partial charge in [-0.3, -0.25) is 9.48 Å². The van der Waals surface area contributed by atoms with Crippen molar-refractivity contribution in [2.45, 2.75) is 64.1 Å². The first-order valence-electron chi connectivity index (χ1n) is 13.1. The molecule has 1 unspecified atom stereocenters. The number of aryl methyl sites for hydroxylation is 2. The summed E-state index contributed by atoms with van der Waals surface area (Å²) >= 11 is 0. The molecule has 0 spiro atoms. The molecule has 192 valence electrons. The van der Waals surface area contributed by atoms with E-state index in [2.05, 4.69) is 65.1 Å². The first-order valence-corrected chi connectivity index (χ1v) is 13.1. The SMILES string of the molecule is Cn1cc(-c2cc3c(-c4ccc5c(c4)CCCC5CC(=O)N4CC(OC(C)(C)C)C4)ncnc3[nH]2)cn1. The summed E-state index contributed by atoms with van der Waals surface area (Å²) in [5, 5.41) is 5.28. The highest BCUT2D eigenvalue weighted by Crippen LogP contribution is 2.38. The van der Waals surface area contributed by atoms with Crippen LogP contribution in [0.2, 0.25) is 0 Å². The zero-order valence-electron chi connectivity index (χ0n) is 22.0. The van der Waals surface area contributed by atoms with Crippen molar-refractivity contribution in [1.29, 1.82) is 0 Å². The molecular weight excluding hydrogens is 464 g/mol. The summed E-state index contributed by atoms with van der Waals surface area (Å²) in [5.74, 6) is 0.506. The zero-order chi connectivity index (χ0) is 25.7. The number of hydrogen-bond acceptors (Lipinski definition) is 5. The van der Waals surface area contributed by atoms with Gasteiger partial charge in [0.25, 0.3) is 0 Å². The monoisotopic (exact) mass is 498 g/mol. The predicted octanol–water partition coefficient (Wildman–Crippen LogP) is 4.86. The average molecular weight is 499 g/mol. The summed E-state index contributed by atoms with van der Waals surface area (Å²) in [6.45, 7) is 7.60. The average Bonchev–Trinajstić information content (AvgIpc) is 3.46. The van der Waals surface area contributed by atoms with E-state index in [-0.39, 0.29) is 23.5 Å². The maximum absolute atomic E-state index is 13.0. The van der Waals surface area contributed by atoms with Gasteiger partial charge in [0.05, 0.1) is 29.3 Å². The van der Waals surface area contributed by atoms with Gasteiger partial charge in [-0.1, -0.05) is 12.1 Å². The third-order valence-electron chi connectivity index (χ3n) is 7.44. The molecule has 1 aliphatic heterocycles. The number of fused-ring (bicyclic) bond motifs is 2. The molecule has 0 saturated carbocycles. The van der Waals surface area contributed by atoms with Crippen molar-refractivity contribution in [2.24, 2.45) is 7.05 Å². The fourth-order valence-electron chi connectivity index (χ4n) is 5.72. The van der Waals surface area contributed by atoms with Crippen LogP contribution in [0.15, 0.2) is 43.0 Å². The Bertz CT molecular complexity index is 1460. The Hall–Kier alpha value is -3.52. The van der Waals surface area contributed by atoms with Crippen LogP contribution in [0.3, 0.4) is 0 Å². The number of benzene rings is 1. The molecule has 6 rings (SSSR count). The minimum atomic E-state index is -0.171. The number of likely N-dealkylation sites (tertiary alicyclic amines) is 1. The summed E-state index contributed by atoms with van der Waals surface area (Å²) in [5.41, 5.74) is 7.27. The molecule has 1 N–H and O–H groups in total. The molecule has 1 saturated heterocycles. The highest BCUT2D eigenvalue weighted by Gasteiger charge is 2.35. The standard InChI is InChI=1S/C29H34N6O2/c1-29(2,3)37-22-15-35(16-22)26(36)11-19-7-5-6-18-10-20(8-9-23(18)19)27-24-12-25(21-13-32-34(4)14-21)33-28(24)31-17-30-27/h8-10,12-14,17,19,22H,5-7,11,15-16H2,1-4H3,(H,30,31,33). The molecule has 8 heteroatoms. The molecule has 1 fully saturated rings. The second-order valence-electron chi connectivity index (χ2n) is 11.4. The molecule has 0 radical (unpaired) electrons. The van der Waals surface area contributed by atoms with Gasteiger partial charge in [-0.2, -0.15) is 5.10 Å². The van der Waals surface area contributed by atoms with Crippen LogP contribution in [-0.4, -0.2) is 60.3 Å². The van der Waals surface area contributed by atoms with Gasteiger partial charge in [0.15, 0.2) is 0 Å². The van der Waals surface area contributed by atoms with Crippen molar-refractivity contribution in [3.05, 3.63) is 54.1 Å². The van der Waals surface area contributed by atoms with Crippen LogP contribution in [0.5, 0.6) is 0 Å². The first-order chi connectivity index (χ1) is 17.7. The van der Waals surface area contributed by atoms with Crippen LogP contribution in [0.25, 0.3) is 33.5 Å². The van der Waals surface area contributed by atoms with E-state index in [4.69, 9.17) is 4.74 Å². The van der Waals surface area contributed by atoms with E-state index in [1.165, 1.54) is 11.1 Å². The molecule has 2 aliphatic rings. The molecule has 1 aliphatic carbocycles. The lowest BCUT2D eigenvalue weighted by Crippen LogP contribution is -2.56. The quantitative estimate of drug-likeness (QED) is 0.424. The summed E-state index contributed by atoms with van der Waals surface area (Å²) in [6.07, 6.45) is 9.34. The summed E-state index contributed by atoms with van der Waals surface area (Å²) in [4.78, 5) is 27.5. The first kappa shape index (κ1) is 23.9. The number of amides is 1. The number of H-pyrrole nitrogens is 1. The molecule has 1 atom stereocenters. The molecule has 4 heterocycles. The van der Waals surface area contributed by atoms with E-state index in [1.54, 1.807) is 11.0 Å². The Morgan fingerprint density at radius 3 is 2.76 bits per heavy atom. The van der Waals surface area contributed by atoms with Crippen LogP contribution in [0, 0.1) is 0 Å². The number of carbonyl (C=O) groups excluding carboxylic acids is 1. The molecule has 8 nitrogen and oxygen atoms in total. The van der Waals surface area contributed by atoms with Crippen molar-refractivity contribution >= 4 is 16.9 Å². The van der Waals surface area contributed by atoms with Crippen LogP contribution < -0.4 is 0 Å². The Labute approximate surface area is 217 Å². The molecule has 0 bridgehead atoms. The second kappa shape index (κ2) is 9.10. The fraction of sp³-hybridized carbons (Fsp3) is 0.448. The normalized spacial score (nSPS) is 18.2. The fourth-order valence-corrected chi connectivity index (χ4v) is 5.72. The molecule has 3 aromatic heterocycles. The number of rotatable bonds is 5. The summed E-state index contributed by atoms with van der Waals surface area (Å²) in [6, 6.07) is 8.73. The van der Waals surface area contributed by atoms with E-state index in [9.17, 15) is 4.79 Å². The highest BCUT2D eigenvalue weighted by atomic mass is 16.5. The Kier molecular flexibility index (Phi) is 5.87. The molecule has 4 aromatic rings. The van der Waals surface area contributed by atoms with E-state index in [1.807, 2.05) is 24.3 Å². The van der Waals surface area contributed by atoms with E-state index in [0.717, 1.165) is 52.8 Å². The number of nitrogens with zero attached hydrogens (tertiary/aromatic N) is 5. The van der Waals surface area contributed by atoms with Crippen molar-refractivity contribution < 1.29 is 9.53 Å². The van der Waals surface area contributed by atoms with Gasteiger partial charge >= 0.3 is 0 Å². The van der Waals surface area contributed by atoms with Crippen LogP contribution >= 0.6 is 0 Å². The smallest absolute Gasteiger partial charge is 0.223 e. The number of aromatic amines is 1. The van der Waals surface area contributed by atoms with Gasteiger partial charge in [-0.05, 0) is 69.2 Å². The van der Waals surface area contributed by atoms with Gasteiger partial charge < -0.3 is 14.6 Å². The molecular formula is C29H34N6O2. The predicted molar refractivity (Wildman–Crippen MR) is 143 cm³/mol. The summed E-state index contributed by atoms with van der Waals surface area (Å²) < 4.78 is 7.79. The summed E-state index contributed by atoms with van der Waals surface area (Å²) in [7, 11) is 1.91. The molecule has 37 heavy (non-hydrogen) atoms. The topological polar surface area (TPSA) is 88.9 Å². The Morgan fingerprint density at radius 1 is 1.16 bits per heavy atom. The van der Waals surface area contributed by atoms with Gasteiger partial charge in [0.1, 0.15) is 12.0 Å². The molecule has 1 amide bonds. The van der Waals surface area contributed by atoms with Gasteiger partial charge in [0.2, 0.25) is 5.91 Å². The number of carbonyl (C=O) groups is 1. The van der Waals surface area contributed by atoms with Crippen molar-refractivity contribution in [1.82, 2.24) is 29.6 Å². The largest absolute Gasteiger partial charge is 0.369 e. The third kappa shape index (κ3) is 4.78. The lowest BCUT2D eigenvalue weighted by Gasteiger charge is -2.42. The highest BCUT2D eigenvalue weighted by molar-refractivity contribution is 5.94. The zero-order valence-corrected chi connectivity index (χ0v) is 22.0. The lowest BCUT2D eigenvalue weighted by molar-refractivity contribution is -0.157. The van der Waals surface area contributed by atoms with E-state index in [0.29, 0.717) is 19.5 Å². The lowest BCUT2D eigenvalue weighted by atomic mass is 9.79. The van der Waals surface area contributed by atoms with Gasteiger partial charge in [-0.25, -0.2) is 9.97 Å². The number of aromatic nitrogens is 5. The van der Waals surface area contributed by atoms with Crippen molar-refractivity contribution in [3.63, 3.8) is 0 Å². The van der Waals surface area contributed by atoms with E-state index < -0.39 is 0 Å². The minimum Gasteiger partial charge on any atom is -0.369 e. The van der Waals surface area contributed by atoms with Crippen LogP contribution in [0.1, 0.15) is 57.1 Å². The Morgan fingerprint density at radius 2 is 2.00 bits per heavy atom. The van der Waals surface area contributed by atoms with Crippen molar-refractivity contribution in [3.8, 4) is 22.5 Å². The van der Waals surface area contributed by atoms with Crippen molar-refractivity contribution in [2.75, 3.05) is 13.1 Å². The maximum atomic E-state index is 13.0. The van der Waals surface area contributed by atoms with E-state index >= 15 is 0 Å². The van der Waals surface area contributed by atoms with Gasteiger partial charge in [-0.15, -0.1) is 0 Å². The number of hydrogen-bond donors (Lipinski definition) is 1. The second-order valence-corrected chi connectivity index (χ2v) is 11.4.